The Morgan fingerprint density at radius 1 is 1.00 bits per heavy atom. The van der Waals surface area contributed by atoms with E-state index >= 15 is 0 Å². The minimum atomic E-state index is -0.982. The largest absolute Gasteiger partial charge is 0.478 e. The molecule has 0 radical (unpaired) electrons. The third-order valence-corrected chi connectivity index (χ3v) is 7.90. The number of ether oxygens (including phenoxy) is 2. The summed E-state index contributed by atoms with van der Waals surface area (Å²) in [6.07, 6.45) is 7.33. The standard InChI is InChI=1S/C32H40N2O6/c1-4-5-15-27-29(31(39-2)40-3)34(28(35)20-22-11-7-6-8-12-22)32(38)33(27)21-23-16-18-24(19-17-23)25-13-9-10-14-26(25)30(36)37/h9-10,13-14,16-19,22,31H,4-8,11-12,15,20-21H2,1-3H3,(H,36,37). The molecule has 8 nitrogen and oxygen atoms in total. The summed E-state index contributed by atoms with van der Waals surface area (Å²) in [5.74, 6) is -0.902. The van der Waals surface area contributed by atoms with Gasteiger partial charge in [0, 0.05) is 26.3 Å². The first-order chi connectivity index (χ1) is 19.4. The van der Waals surface area contributed by atoms with Gasteiger partial charge >= 0.3 is 11.7 Å². The molecule has 1 aromatic heterocycles. The van der Waals surface area contributed by atoms with Gasteiger partial charge in [-0.3, -0.25) is 9.36 Å². The van der Waals surface area contributed by atoms with E-state index in [2.05, 4.69) is 6.92 Å². The van der Waals surface area contributed by atoms with E-state index in [9.17, 15) is 19.5 Å². The number of carbonyl (C=O) groups excluding carboxylic acids is 1. The Morgan fingerprint density at radius 3 is 2.30 bits per heavy atom. The average molecular weight is 549 g/mol. The van der Waals surface area contributed by atoms with E-state index < -0.39 is 12.3 Å². The molecule has 0 bridgehead atoms. The first-order valence-electron chi connectivity index (χ1n) is 14.2. The second kappa shape index (κ2) is 13.7. The highest BCUT2D eigenvalue weighted by atomic mass is 16.7. The molecule has 0 amide bonds. The zero-order chi connectivity index (χ0) is 28.6. The molecule has 214 valence electrons. The van der Waals surface area contributed by atoms with Gasteiger partial charge in [-0.1, -0.05) is 75.1 Å². The van der Waals surface area contributed by atoms with Gasteiger partial charge in [0.2, 0.25) is 12.2 Å². The van der Waals surface area contributed by atoms with Gasteiger partial charge in [0.15, 0.2) is 0 Å². The van der Waals surface area contributed by atoms with Crippen LogP contribution in [0.2, 0.25) is 0 Å². The van der Waals surface area contributed by atoms with Crippen LogP contribution in [0.5, 0.6) is 0 Å². The van der Waals surface area contributed by atoms with Gasteiger partial charge in [-0.2, -0.15) is 0 Å². The van der Waals surface area contributed by atoms with Gasteiger partial charge < -0.3 is 14.6 Å². The number of rotatable bonds is 12. The van der Waals surface area contributed by atoms with Gasteiger partial charge in [-0.05, 0) is 54.4 Å². The van der Waals surface area contributed by atoms with Crippen LogP contribution in [-0.4, -0.2) is 40.3 Å². The second-order valence-corrected chi connectivity index (χ2v) is 10.6. The minimum absolute atomic E-state index is 0.205. The number of aromatic carboxylic acids is 1. The SMILES string of the molecule is CCCCc1c(C(OC)OC)n(C(=O)CC2CCCCC2)c(=O)n1Cc1ccc(-c2ccccc2C(=O)O)cc1. The van der Waals surface area contributed by atoms with E-state index in [1.807, 2.05) is 30.3 Å². The number of methoxy groups -OCH3 is 2. The summed E-state index contributed by atoms with van der Waals surface area (Å²) in [6.45, 7) is 2.36. The molecular formula is C32H40N2O6. The van der Waals surface area contributed by atoms with Crippen molar-refractivity contribution in [3.8, 4) is 11.1 Å². The third kappa shape index (κ3) is 6.45. The van der Waals surface area contributed by atoms with Crippen LogP contribution in [0.25, 0.3) is 11.1 Å². The molecule has 3 aromatic rings. The Morgan fingerprint density at radius 2 is 1.68 bits per heavy atom. The van der Waals surface area contributed by atoms with E-state index in [1.165, 1.54) is 25.2 Å². The van der Waals surface area contributed by atoms with Crippen molar-refractivity contribution in [1.29, 1.82) is 0 Å². The van der Waals surface area contributed by atoms with Crippen LogP contribution in [0, 0.1) is 5.92 Å². The predicted octanol–water partition coefficient (Wildman–Crippen LogP) is 6.31. The fourth-order valence-corrected chi connectivity index (χ4v) is 5.80. The minimum Gasteiger partial charge on any atom is -0.478 e. The van der Waals surface area contributed by atoms with E-state index in [0.717, 1.165) is 55.3 Å². The Balaban J connectivity index is 1.73. The van der Waals surface area contributed by atoms with Crippen molar-refractivity contribution in [3.63, 3.8) is 0 Å². The molecular weight excluding hydrogens is 508 g/mol. The van der Waals surface area contributed by atoms with Gasteiger partial charge in [0.25, 0.3) is 0 Å². The number of benzene rings is 2. The van der Waals surface area contributed by atoms with E-state index in [1.54, 1.807) is 22.8 Å². The zero-order valence-corrected chi connectivity index (χ0v) is 23.7. The normalized spacial score (nSPS) is 14.1. The quantitative estimate of drug-likeness (QED) is 0.266. The number of hydrogen-bond donors (Lipinski definition) is 1. The molecule has 1 aliphatic carbocycles. The Bertz CT molecular complexity index is 1360. The van der Waals surface area contributed by atoms with Crippen molar-refractivity contribution in [2.24, 2.45) is 5.92 Å². The molecule has 0 aliphatic heterocycles. The maximum Gasteiger partial charge on any atom is 0.336 e. The molecule has 1 fully saturated rings. The van der Waals surface area contributed by atoms with Gasteiger partial charge in [-0.25, -0.2) is 14.2 Å². The Hall–Kier alpha value is -3.49. The average Bonchev–Trinajstić information content (AvgIpc) is 3.24. The van der Waals surface area contributed by atoms with Crippen molar-refractivity contribution in [1.82, 2.24) is 9.13 Å². The van der Waals surface area contributed by atoms with E-state index in [0.29, 0.717) is 24.1 Å². The topological polar surface area (TPSA) is 99.8 Å². The number of nitrogens with zero attached hydrogens (tertiary/aromatic N) is 2. The monoisotopic (exact) mass is 548 g/mol. The summed E-state index contributed by atoms with van der Waals surface area (Å²) >= 11 is 0. The van der Waals surface area contributed by atoms with Crippen LogP contribution in [0.1, 0.15) is 96.7 Å². The lowest BCUT2D eigenvalue weighted by molar-refractivity contribution is -0.110. The lowest BCUT2D eigenvalue weighted by Crippen LogP contribution is -2.32. The lowest BCUT2D eigenvalue weighted by atomic mass is 9.87. The first kappa shape index (κ1) is 29.5. The van der Waals surface area contributed by atoms with Gasteiger partial charge in [-0.15, -0.1) is 0 Å². The van der Waals surface area contributed by atoms with Crippen LogP contribution in [0.3, 0.4) is 0 Å². The molecule has 0 atom stereocenters. The summed E-state index contributed by atoms with van der Waals surface area (Å²) in [6, 6.07) is 14.4. The first-order valence-corrected chi connectivity index (χ1v) is 14.2. The Kier molecular flexibility index (Phi) is 10.1. The fraction of sp³-hybridized carbons (Fsp3) is 0.469. The number of carboxylic acids is 1. The van der Waals surface area contributed by atoms with Crippen LogP contribution in [0.4, 0.5) is 0 Å². The lowest BCUT2D eigenvalue weighted by Gasteiger charge is -2.22. The molecule has 0 unspecified atom stereocenters. The van der Waals surface area contributed by atoms with Crippen LogP contribution in [-0.2, 0) is 22.4 Å². The van der Waals surface area contributed by atoms with Gasteiger partial charge in [0.1, 0.15) is 5.69 Å². The number of imidazole rings is 1. The number of unbranched alkanes of at least 4 members (excludes halogenated alkanes) is 1. The van der Waals surface area contributed by atoms with Crippen LogP contribution >= 0.6 is 0 Å². The summed E-state index contributed by atoms with van der Waals surface area (Å²) in [5, 5.41) is 9.58. The van der Waals surface area contributed by atoms with Crippen molar-refractivity contribution in [2.45, 2.75) is 77.5 Å². The van der Waals surface area contributed by atoms with Crippen molar-refractivity contribution in [2.75, 3.05) is 14.2 Å². The second-order valence-electron chi connectivity index (χ2n) is 10.6. The summed E-state index contributed by atoms with van der Waals surface area (Å²) in [5.41, 5.74) is 3.37. The van der Waals surface area contributed by atoms with Crippen molar-refractivity contribution in [3.05, 3.63) is 81.5 Å². The van der Waals surface area contributed by atoms with E-state index in [4.69, 9.17) is 9.47 Å². The third-order valence-electron chi connectivity index (χ3n) is 7.90. The number of aromatic nitrogens is 2. The van der Waals surface area contributed by atoms with E-state index in [-0.39, 0.29) is 29.6 Å². The highest BCUT2D eigenvalue weighted by molar-refractivity contribution is 5.96. The number of hydrogen-bond acceptors (Lipinski definition) is 5. The number of carboxylic acid groups (broad SMARTS) is 1. The van der Waals surface area contributed by atoms with Gasteiger partial charge in [0.05, 0.1) is 12.1 Å². The smallest absolute Gasteiger partial charge is 0.336 e. The Labute approximate surface area is 235 Å². The molecule has 0 saturated heterocycles. The summed E-state index contributed by atoms with van der Waals surface area (Å²) in [4.78, 5) is 39.3. The van der Waals surface area contributed by atoms with Crippen molar-refractivity contribution >= 4 is 11.9 Å². The molecule has 1 saturated carbocycles. The molecule has 1 heterocycles. The van der Waals surface area contributed by atoms with Crippen LogP contribution in [0.15, 0.2) is 53.3 Å². The molecule has 1 aliphatic rings. The predicted molar refractivity (Wildman–Crippen MR) is 154 cm³/mol. The molecule has 40 heavy (non-hydrogen) atoms. The summed E-state index contributed by atoms with van der Waals surface area (Å²) < 4.78 is 14.2. The molecule has 0 spiro atoms. The van der Waals surface area contributed by atoms with Crippen LogP contribution < -0.4 is 5.69 Å². The summed E-state index contributed by atoms with van der Waals surface area (Å²) in [7, 11) is 3.03. The number of carbonyl (C=O) groups is 2. The maximum absolute atomic E-state index is 13.9. The highest BCUT2D eigenvalue weighted by Gasteiger charge is 2.31. The molecule has 4 rings (SSSR count). The molecule has 2 aromatic carbocycles. The molecule has 8 heteroatoms. The zero-order valence-electron chi connectivity index (χ0n) is 23.7. The maximum atomic E-state index is 13.9. The molecule has 1 N–H and O–H groups in total. The highest BCUT2D eigenvalue weighted by Crippen LogP contribution is 2.29. The fourth-order valence-electron chi connectivity index (χ4n) is 5.80. The van der Waals surface area contributed by atoms with Crippen molar-refractivity contribution < 1.29 is 24.2 Å².